The average Bonchev–Trinajstić information content (AvgIpc) is 2.45. The van der Waals surface area contributed by atoms with Crippen LogP contribution in [0.5, 0.6) is 0 Å². The fourth-order valence-corrected chi connectivity index (χ4v) is 2.16. The largest absolute Gasteiger partial charge is 0.379 e. The van der Waals surface area contributed by atoms with Crippen LogP contribution in [0.25, 0.3) is 0 Å². The van der Waals surface area contributed by atoms with Crippen molar-refractivity contribution in [1.82, 2.24) is 10.2 Å². The van der Waals surface area contributed by atoms with E-state index in [9.17, 15) is 4.79 Å². The minimum absolute atomic E-state index is 0. The summed E-state index contributed by atoms with van der Waals surface area (Å²) in [5.41, 5.74) is 0.649. The van der Waals surface area contributed by atoms with E-state index in [1.54, 1.807) is 24.3 Å². The molecule has 1 N–H and O–H groups in total. The van der Waals surface area contributed by atoms with E-state index < -0.39 is 0 Å². The van der Waals surface area contributed by atoms with Gasteiger partial charge in [-0.15, -0.1) is 12.4 Å². The van der Waals surface area contributed by atoms with Crippen LogP contribution in [-0.2, 0) is 4.74 Å². The summed E-state index contributed by atoms with van der Waals surface area (Å²) in [5, 5.41) is 3.56. The zero-order chi connectivity index (χ0) is 13.5. The summed E-state index contributed by atoms with van der Waals surface area (Å²) in [6, 6.07) is 6.92. The lowest BCUT2D eigenvalue weighted by Crippen LogP contribution is -2.38. The van der Waals surface area contributed by atoms with Gasteiger partial charge in [-0.1, -0.05) is 11.6 Å². The molecule has 4 nitrogen and oxygen atoms in total. The quantitative estimate of drug-likeness (QED) is 0.846. The molecule has 112 valence electrons. The van der Waals surface area contributed by atoms with Crippen molar-refractivity contribution >= 4 is 29.9 Å². The molecule has 1 aromatic carbocycles. The lowest BCUT2D eigenvalue weighted by molar-refractivity contribution is 0.0374. The molecule has 0 unspecified atom stereocenters. The number of amides is 1. The first kappa shape index (κ1) is 17.2. The molecule has 0 spiro atoms. The van der Waals surface area contributed by atoms with Gasteiger partial charge in [-0.3, -0.25) is 9.69 Å². The monoisotopic (exact) mass is 318 g/mol. The van der Waals surface area contributed by atoms with Crippen molar-refractivity contribution in [1.29, 1.82) is 0 Å². The third-order valence-corrected chi connectivity index (χ3v) is 3.40. The molecule has 1 saturated heterocycles. The maximum Gasteiger partial charge on any atom is 0.251 e. The van der Waals surface area contributed by atoms with Crippen LogP contribution in [0.2, 0.25) is 5.02 Å². The molecule has 0 saturated carbocycles. The van der Waals surface area contributed by atoms with E-state index in [1.807, 2.05) is 0 Å². The molecule has 1 aromatic rings. The number of nitrogens with one attached hydrogen (secondary N) is 1. The number of carbonyl (C=O) groups excluding carboxylic acids is 1. The van der Waals surface area contributed by atoms with Gasteiger partial charge < -0.3 is 10.1 Å². The van der Waals surface area contributed by atoms with Crippen molar-refractivity contribution in [3.05, 3.63) is 34.9 Å². The number of nitrogens with zero attached hydrogens (tertiary/aromatic N) is 1. The normalized spacial score (nSPS) is 15.4. The molecule has 0 radical (unpaired) electrons. The summed E-state index contributed by atoms with van der Waals surface area (Å²) in [4.78, 5) is 14.2. The van der Waals surface area contributed by atoms with Crippen LogP contribution in [0.3, 0.4) is 0 Å². The number of benzene rings is 1. The Labute approximate surface area is 130 Å². The van der Waals surface area contributed by atoms with Crippen LogP contribution in [0.1, 0.15) is 16.8 Å². The Bertz CT molecular complexity index is 406. The number of halogens is 2. The SMILES string of the molecule is Cl.O=C(NCCCN1CCOCC1)c1ccc(Cl)cc1. The van der Waals surface area contributed by atoms with E-state index in [2.05, 4.69) is 10.2 Å². The second-order valence-electron chi connectivity index (χ2n) is 4.57. The Hall–Kier alpha value is -0.810. The van der Waals surface area contributed by atoms with E-state index >= 15 is 0 Å². The van der Waals surface area contributed by atoms with Crippen LogP contribution in [0, 0.1) is 0 Å². The first-order valence-corrected chi connectivity index (χ1v) is 6.97. The molecule has 2 rings (SSSR count). The van der Waals surface area contributed by atoms with Gasteiger partial charge in [0.2, 0.25) is 0 Å². The summed E-state index contributed by atoms with van der Waals surface area (Å²) in [6.07, 6.45) is 0.958. The molecule has 1 amide bonds. The molecule has 0 aliphatic carbocycles. The van der Waals surface area contributed by atoms with Gasteiger partial charge in [0.05, 0.1) is 13.2 Å². The third kappa shape index (κ3) is 5.67. The predicted octanol–water partition coefficient (Wildman–Crippen LogP) is 2.21. The Kier molecular flexibility index (Phi) is 7.92. The lowest BCUT2D eigenvalue weighted by Gasteiger charge is -2.26. The second-order valence-corrected chi connectivity index (χ2v) is 5.01. The fourth-order valence-electron chi connectivity index (χ4n) is 2.03. The van der Waals surface area contributed by atoms with Gasteiger partial charge >= 0.3 is 0 Å². The van der Waals surface area contributed by atoms with Crippen LogP contribution in [-0.4, -0.2) is 50.2 Å². The minimum Gasteiger partial charge on any atom is -0.379 e. The summed E-state index contributed by atoms with van der Waals surface area (Å²) in [5.74, 6) is -0.0429. The van der Waals surface area contributed by atoms with Crippen molar-refractivity contribution in [2.24, 2.45) is 0 Å². The molecule has 20 heavy (non-hydrogen) atoms. The number of rotatable bonds is 5. The van der Waals surface area contributed by atoms with Gasteiger partial charge in [0.1, 0.15) is 0 Å². The first-order chi connectivity index (χ1) is 9.25. The molecule has 0 bridgehead atoms. The highest BCUT2D eigenvalue weighted by Gasteiger charge is 2.09. The highest BCUT2D eigenvalue weighted by Crippen LogP contribution is 2.09. The number of hydrogen-bond donors (Lipinski definition) is 1. The first-order valence-electron chi connectivity index (χ1n) is 6.59. The van der Waals surface area contributed by atoms with E-state index in [-0.39, 0.29) is 18.3 Å². The van der Waals surface area contributed by atoms with Crippen LogP contribution < -0.4 is 5.32 Å². The number of morpholine rings is 1. The maximum absolute atomic E-state index is 11.8. The van der Waals surface area contributed by atoms with E-state index in [0.717, 1.165) is 39.3 Å². The maximum atomic E-state index is 11.8. The third-order valence-electron chi connectivity index (χ3n) is 3.15. The minimum atomic E-state index is -0.0429. The van der Waals surface area contributed by atoms with Crippen LogP contribution in [0.15, 0.2) is 24.3 Å². The molecule has 1 heterocycles. The summed E-state index contributed by atoms with van der Waals surface area (Å²) < 4.78 is 5.29. The molecule has 6 heteroatoms. The Morgan fingerprint density at radius 3 is 2.55 bits per heavy atom. The average molecular weight is 319 g/mol. The van der Waals surface area contributed by atoms with Crippen molar-refractivity contribution in [3.8, 4) is 0 Å². The van der Waals surface area contributed by atoms with Crippen molar-refractivity contribution < 1.29 is 9.53 Å². The van der Waals surface area contributed by atoms with Crippen molar-refractivity contribution in [2.75, 3.05) is 39.4 Å². The molecule has 1 aliphatic heterocycles. The molecular weight excluding hydrogens is 299 g/mol. The summed E-state index contributed by atoms with van der Waals surface area (Å²) >= 11 is 5.78. The topological polar surface area (TPSA) is 41.6 Å². The van der Waals surface area contributed by atoms with Gasteiger partial charge in [-0.25, -0.2) is 0 Å². The molecule has 0 aromatic heterocycles. The van der Waals surface area contributed by atoms with Crippen molar-refractivity contribution in [3.63, 3.8) is 0 Å². The van der Waals surface area contributed by atoms with Gasteiger partial charge in [0.15, 0.2) is 0 Å². The highest BCUT2D eigenvalue weighted by molar-refractivity contribution is 6.30. The standard InChI is InChI=1S/C14H19ClN2O2.ClH/c15-13-4-2-12(3-5-13)14(18)16-6-1-7-17-8-10-19-11-9-17;/h2-5H,1,6-11H2,(H,16,18);1H. The highest BCUT2D eigenvalue weighted by atomic mass is 35.5. The molecule has 0 atom stereocenters. The number of ether oxygens (including phenoxy) is 1. The van der Waals surface area contributed by atoms with Gasteiger partial charge in [-0.2, -0.15) is 0 Å². The zero-order valence-corrected chi connectivity index (χ0v) is 12.9. The summed E-state index contributed by atoms with van der Waals surface area (Å²) in [6.45, 7) is 5.31. The fraction of sp³-hybridized carbons (Fsp3) is 0.500. The molecular formula is C14H20Cl2N2O2. The molecule has 1 fully saturated rings. The number of carbonyl (C=O) groups is 1. The number of hydrogen-bond acceptors (Lipinski definition) is 3. The van der Waals surface area contributed by atoms with Crippen molar-refractivity contribution in [2.45, 2.75) is 6.42 Å². The smallest absolute Gasteiger partial charge is 0.251 e. The lowest BCUT2D eigenvalue weighted by atomic mass is 10.2. The Morgan fingerprint density at radius 1 is 1.25 bits per heavy atom. The Balaban J connectivity index is 0.00000200. The summed E-state index contributed by atoms with van der Waals surface area (Å²) in [7, 11) is 0. The van der Waals surface area contributed by atoms with Gasteiger partial charge in [0, 0.05) is 30.2 Å². The zero-order valence-electron chi connectivity index (χ0n) is 11.3. The van der Waals surface area contributed by atoms with E-state index in [1.165, 1.54) is 0 Å². The van der Waals surface area contributed by atoms with E-state index in [4.69, 9.17) is 16.3 Å². The second kappa shape index (κ2) is 9.19. The predicted molar refractivity (Wildman–Crippen MR) is 82.9 cm³/mol. The van der Waals surface area contributed by atoms with E-state index in [0.29, 0.717) is 17.1 Å². The molecule has 1 aliphatic rings. The van der Waals surface area contributed by atoms with Gasteiger partial charge in [-0.05, 0) is 37.2 Å². The van der Waals surface area contributed by atoms with Gasteiger partial charge in [0.25, 0.3) is 5.91 Å². The van der Waals surface area contributed by atoms with Crippen LogP contribution >= 0.6 is 24.0 Å². The van der Waals surface area contributed by atoms with Crippen LogP contribution in [0.4, 0.5) is 0 Å². The Morgan fingerprint density at radius 2 is 1.90 bits per heavy atom.